The van der Waals surface area contributed by atoms with Gasteiger partial charge in [0.25, 0.3) is 7.82 Å². The minimum Gasteiger partial charge on any atom is -0.756 e. The first-order valence-electron chi connectivity index (χ1n) is 21.1. The molecule has 0 aromatic rings. The lowest BCUT2D eigenvalue weighted by molar-refractivity contribution is -0.870. The Hall–Kier alpha value is -2.00. The Kier molecular flexibility index (Phi) is 35.3. The molecule has 0 saturated heterocycles. The van der Waals surface area contributed by atoms with Crippen LogP contribution in [0.3, 0.4) is 0 Å². The van der Waals surface area contributed by atoms with Gasteiger partial charge in [-0.1, -0.05) is 133 Å². The van der Waals surface area contributed by atoms with Gasteiger partial charge in [0.05, 0.1) is 40.1 Å². The largest absolute Gasteiger partial charge is 0.756 e. The third-order valence-corrected chi connectivity index (χ3v) is 9.76. The van der Waals surface area contributed by atoms with Crippen molar-refractivity contribution in [1.29, 1.82) is 0 Å². The van der Waals surface area contributed by atoms with E-state index in [1.54, 1.807) is 6.26 Å². The molecule has 0 rings (SSSR count). The summed E-state index contributed by atoms with van der Waals surface area (Å²) < 4.78 is 34.2. The summed E-state index contributed by atoms with van der Waals surface area (Å²) in [5.74, 6) is -0.423. The second kappa shape index (κ2) is 36.6. The number of nitrogens with zero attached hydrogens (tertiary/aromatic N) is 1. The molecule has 1 unspecified atom stereocenters. The van der Waals surface area contributed by atoms with Crippen LogP contribution in [0.25, 0.3) is 0 Å². The number of phosphoric ester groups is 1. The maximum Gasteiger partial charge on any atom is 0.306 e. The summed E-state index contributed by atoms with van der Waals surface area (Å²) in [7, 11) is 1.26. The fourth-order valence-electron chi connectivity index (χ4n) is 5.31. The number of esters is 1. The molecule has 54 heavy (non-hydrogen) atoms. The monoisotopic (exact) mass is 782 g/mol. The minimum atomic E-state index is -4.56. The predicted octanol–water partition coefficient (Wildman–Crippen LogP) is 10.8. The number of carbonyl (C=O) groups is 1. The minimum absolute atomic E-state index is 0.00185. The summed E-state index contributed by atoms with van der Waals surface area (Å²) in [4.78, 5) is 25.0. The molecule has 0 aliphatic rings. The van der Waals surface area contributed by atoms with Gasteiger partial charge in [0.15, 0.2) is 6.10 Å². The number of aliphatic hydroxyl groups excluding tert-OH is 1. The van der Waals surface area contributed by atoms with Gasteiger partial charge in [-0.15, -0.1) is 0 Å². The maximum absolute atomic E-state index is 12.6. The van der Waals surface area contributed by atoms with Gasteiger partial charge in [-0.25, -0.2) is 0 Å². The van der Waals surface area contributed by atoms with E-state index >= 15 is 0 Å². The van der Waals surface area contributed by atoms with Crippen molar-refractivity contribution in [2.45, 2.75) is 167 Å². The molecule has 0 spiro atoms. The molecule has 0 saturated carbocycles. The Labute approximate surface area is 331 Å². The van der Waals surface area contributed by atoms with Crippen LogP contribution in [0, 0.1) is 0 Å². The molecular weight excluding hydrogens is 701 g/mol. The smallest absolute Gasteiger partial charge is 0.306 e. The molecule has 0 aromatic carbocycles. The molecule has 0 aliphatic carbocycles. The van der Waals surface area contributed by atoms with Crippen LogP contribution in [-0.4, -0.2) is 75.3 Å². The van der Waals surface area contributed by atoms with Crippen LogP contribution in [0.5, 0.6) is 0 Å². The number of aliphatic hydroxyl groups is 1. The van der Waals surface area contributed by atoms with Crippen molar-refractivity contribution >= 4 is 13.8 Å². The zero-order valence-corrected chi connectivity index (χ0v) is 35.9. The molecule has 10 heteroatoms. The topological polar surface area (TPSA) is 114 Å². The van der Waals surface area contributed by atoms with Crippen LogP contribution in [0.4, 0.5) is 0 Å². The fourth-order valence-corrected chi connectivity index (χ4v) is 6.04. The summed E-state index contributed by atoms with van der Waals surface area (Å²) in [6.07, 6.45) is 42.7. The first-order valence-corrected chi connectivity index (χ1v) is 22.6. The number of quaternary nitrogens is 1. The second-order valence-electron chi connectivity index (χ2n) is 15.2. The van der Waals surface area contributed by atoms with Gasteiger partial charge in [-0.3, -0.25) is 9.36 Å². The Morgan fingerprint density at radius 2 is 1.20 bits per heavy atom. The number of unbranched alkanes of at least 4 members (excludes halogenated alkanes) is 13. The highest BCUT2D eigenvalue weighted by molar-refractivity contribution is 7.45. The van der Waals surface area contributed by atoms with Crippen LogP contribution in [0.15, 0.2) is 60.9 Å². The molecule has 0 fully saturated rings. The van der Waals surface area contributed by atoms with Crippen LogP contribution in [0.1, 0.15) is 155 Å². The van der Waals surface area contributed by atoms with E-state index in [1.165, 1.54) is 70.6 Å². The average Bonchev–Trinajstić information content (AvgIpc) is 3.12. The van der Waals surface area contributed by atoms with Crippen LogP contribution in [0.2, 0.25) is 0 Å². The van der Waals surface area contributed by atoms with Gasteiger partial charge in [0.2, 0.25) is 0 Å². The lowest BCUT2D eigenvalue weighted by Crippen LogP contribution is -2.37. The van der Waals surface area contributed by atoms with Gasteiger partial charge in [0.1, 0.15) is 19.8 Å². The van der Waals surface area contributed by atoms with Crippen LogP contribution < -0.4 is 4.89 Å². The van der Waals surface area contributed by atoms with Gasteiger partial charge < -0.3 is 33.0 Å². The number of carbonyl (C=O) groups excluding carboxylic acids is 1. The summed E-state index contributed by atoms with van der Waals surface area (Å²) in [5.41, 5.74) is 0. The Morgan fingerprint density at radius 3 is 1.76 bits per heavy atom. The van der Waals surface area contributed by atoms with Crippen molar-refractivity contribution in [1.82, 2.24) is 0 Å². The van der Waals surface area contributed by atoms with E-state index < -0.39 is 19.9 Å². The summed E-state index contributed by atoms with van der Waals surface area (Å²) in [5, 5.41) is 9.56. The summed E-state index contributed by atoms with van der Waals surface area (Å²) in [6, 6.07) is 0. The molecule has 0 aliphatic heterocycles. The van der Waals surface area contributed by atoms with Crippen LogP contribution in [-0.2, 0) is 27.9 Å². The Bertz CT molecular complexity index is 1070. The average molecular weight is 782 g/mol. The Balaban J connectivity index is 4.44. The molecule has 0 radical (unpaired) electrons. The number of hydrogen-bond acceptors (Lipinski definition) is 8. The van der Waals surface area contributed by atoms with Gasteiger partial charge >= 0.3 is 5.97 Å². The van der Waals surface area contributed by atoms with E-state index in [0.29, 0.717) is 17.4 Å². The van der Waals surface area contributed by atoms with Crippen molar-refractivity contribution < 1.29 is 42.4 Å². The van der Waals surface area contributed by atoms with Gasteiger partial charge in [-0.2, -0.15) is 0 Å². The highest BCUT2D eigenvalue weighted by Crippen LogP contribution is 2.38. The molecule has 0 aromatic heterocycles. The SMILES string of the molecule is CCCCCCCCCCCCCC/C=C/OC[C@H](COP(=O)([O-])OCC[N+](C)(C)C)OC(=O)CCC/C=C\C/C=C\C/C=C\C/C=C\CC[C@H](O)CC. The molecule has 9 nitrogen and oxygen atoms in total. The number of hydrogen-bond donors (Lipinski definition) is 1. The number of rotatable bonds is 38. The molecule has 0 bridgehead atoms. The summed E-state index contributed by atoms with van der Waals surface area (Å²) >= 11 is 0. The van der Waals surface area contributed by atoms with E-state index in [-0.39, 0.29) is 32.3 Å². The van der Waals surface area contributed by atoms with Crippen molar-refractivity contribution in [2.75, 3.05) is 47.5 Å². The van der Waals surface area contributed by atoms with E-state index in [9.17, 15) is 19.4 Å². The zero-order chi connectivity index (χ0) is 40.0. The normalized spacial score (nSPS) is 14.9. The van der Waals surface area contributed by atoms with Gasteiger partial charge in [-0.05, 0) is 70.3 Å². The molecule has 0 amide bonds. The van der Waals surface area contributed by atoms with Gasteiger partial charge in [0, 0.05) is 6.42 Å². The molecule has 1 N–H and O–H groups in total. The van der Waals surface area contributed by atoms with E-state index in [1.807, 2.05) is 34.1 Å². The molecule has 314 valence electrons. The first kappa shape index (κ1) is 52.0. The molecule has 3 atom stereocenters. The number of allylic oxidation sites excluding steroid dienone is 9. The molecular formula is C44H80NO8P. The zero-order valence-electron chi connectivity index (χ0n) is 35.0. The second-order valence-corrected chi connectivity index (χ2v) is 16.6. The van der Waals surface area contributed by atoms with Crippen molar-refractivity contribution in [3.8, 4) is 0 Å². The van der Waals surface area contributed by atoms with Crippen LogP contribution >= 0.6 is 7.82 Å². The van der Waals surface area contributed by atoms with Crippen molar-refractivity contribution in [3.05, 3.63) is 60.9 Å². The number of likely N-dealkylation sites (N-methyl/N-ethyl adjacent to an activating group) is 1. The molecule has 0 heterocycles. The standard InChI is InChI=1S/C44H80NO8P/c1-6-8-9-10-11-12-13-14-19-22-25-28-31-34-38-50-40-43(41-52-54(48,49)51-39-37-45(3,4)5)53-44(47)36-33-30-27-24-21-18-16-15-17-20-23-26-29-32-35-42(46)7-2/h16-18,20,24,26-27,29,34,38,42-43,46H,6-15,19,21-23,25,28,30-33,35-37,39-41H2,1-5H3/b18-16-,20-17-,27-24-,29-26-,38-34+/t42-,43-/m1/s1. The predicted molar refractivity (Wildman–Crippen MR) is 223 cm³/mol. The fraction of sp³-hybridized carbons (Fsp3) is 0.750. The highest BCUT2D eigenvalue weighted by atomic mass is 31.2. The van der Waals surface area contributed by atoms with E-state index in [2.05, 4.69) is 55.5 Å². The third-order valence-electron chi connectivity index (χ3n) is 8.80. The lowest BCUT2D eigenvalue weighted by atomic mass is 10.0. The number of phosphoric acid groups is 1. The van der Waals surface area contributed by atoms with Crippen molar-refractivity contribution in [3.63, 3.8) is 0 Å². The highest BCUT2D eigenvalue weighted by Gasteiger charge is 2.20. The number of ether oxygens (including phenoxy) is 2. The quantitative estimate of drug-likeness (QED) is 0.0164. The van der Waals surface area contributed by atoms with Crippen molar-refractivity contribution in [2.24, 2.45) is 0 Å². The van der Waals surface area contributed by atoms with E-state index in [4.69, 9.17) is 18.5 Å². The lowest BCUT2D eigenvalue weighted by Gasteiger charge is -2.28. The summed E-state index contributed by atoms with van der Waals surface area (Å²) in [6.45, 7) is 4.37. The first-order chi connectivity index (χ1) is 26.0. The van der Waals surface area contributed by atoms with E-state index in [0.717, 1.165) is 57.8 Å². The third kappa shape index (κ3) is 39.7. The Morgan fingerprint density at radius 1 is 0.685 bits per heavy atom. The maximum atomic E-state index is 12.6.